The number of piperidine rings is 1. The number of ether oxygens (including phenoxy) is 2. The van der Waals surface area contributed by atoms with Crippen LogP contribution in [0.1, 0.15) is 40.7 Å². The zero-order chi connectivity index (χ0) is 20.1. The van der Waals surface area contributed by atoms with E-state index < -0.39 is 12.1 Å². The second-order valence-electron chi connectivity index (χ2n) is 6.72. The Kier molecular flexibility index (Phi) is 6.13. The molecule has 0 aliphatic carbocycles. The molecular formula is C21H23NO6. The van der Waals surface area contributed by atoms with Crippen molar-refractivity contribution in [2.24, 2.45) is 5.92 Å². The molecule has 1 aliphatic rings. The van der Waals surface area contributed by atoms with Crippen LogP contribution < -0.4 is 4.74 Å². The fourth-order valence-electron chi connectivity index (χ4n) is 3.19. The quantitative estimate of drug-likeness (QED) is 0.561. The zero-order valence-corrected chi connectivity index (χ0v) is 15.9. The Morgan fingerprint density at radius 1 is 1.11 bits per heavy atom. The summed E-state index contributed by atoms with van der Waals surface area (Å²) in [6, 6.07) is 9.95. The summed E-state index contributed by atoms with van der Waals surface area (Å²) >= 11 is 0. The first kappa shape index (κ1) is 19.7. The molecule has 0 unspecified atom stereocenters. The molecule has 0 radical (unpaired) electrons. The summed E-state index contributed by atoms with van der Waals surface area (Å²) in [4.78, 5) is 38.8. The van der Waals surface area contributed by atoms with E-state index in [0.29, 0.717) is 43.0 Å². The average molecular weight is 385 g/mol. The van der Waals surface area contributed by atoms with Gasteiger partial charge in [-0.15, -0.1) is 0 Å². The maximum absolute atomic E-state index is 12.5. The Morgan fingerprint density at radius 2 is 1.79 bits per heavy atom. The van der Waals surface area contributed by atoms with Gasteiger partial charge in [-0.05, 0) is 56.2 Å². The summed E-state index contributed by atoms with van der Waals surface area (Å²) in [7, 11) is 1.55. The van der Waals surface area contributed by atoms with Gasteiger partial charge in [0.15, 0.2) is 11.9 Å². The van der Waals surface area contributed by atoms with Crippen LogP contribution >= 0.6 is 0 Å². The van der Waals surface area contributed by atoms with E-state index in [0.717, 1.165) is 0 Å². The maximum Gasteiger partial charge on any atom is 0.309 e. The number of rotatable bonds is 6. The molecule has 0 saturated carbocycles. The van der Waals surface area contributed by atoms with Crippen LogP contribution in [0.25, 0.3) is 0 Å². The van der Waals surface area contributed by atoms with Gasteiger partial charge in [-0.3, -0.25) is 14.4 Å². The number of methoxy groups -OCH3 is 1. The van der Waals surface area contributed by atoms with E-state index in [4.69, 9.17) is 13.9 Å². The van der Waals surface area contributed by atoms with Gasteiger partial charge < -0.3 is 18.8 Å². The molecule has 0 N–H and O–H groups in total. The van der Waals surface area contributed by atoms with Gasteiger partial charge >= 0.3 is 5.97 Å². The summed E-state index contributed by atoms with van der Waals surface area (Å²) in [6.07, 6.45) is 1.57. The molecule has 3 rings (SSSR count). The predicted octanol–water partition coefficient (Wildman–Crippen LogP) is 2.96. The minimum Gasteiger partial charge on any atom is -0.497 e. The standard InChI is InChI=1S/C21H23NO6/c1-14(19(23)15-5-7-17(26-2)8-6-15)28-21(25)16-9-11-22(12-10-16)20(24)18-4-3-13-27-18/h3-8,13-14,16H,9-12H2,1-2H3/t14-/m0/s1. The SMILES string of the molecule is COc1ccc(C(=O)[C@H](C)OC(=O)C2CCN(C(=O)c3ccco3)CC2)cc1. The average Bonchev–Trinajstić information content (AvgIpc) is 3.27. The van der Waals surface area contributed by atoms with Gasteiger partial charge in [-0.1, -0.05) is 0 Å². The first-order chi connectivity index (χ1) is 13.5. The van der Waals surface area contributed by atoms with Crippen molar-refractivity contribution in [3.8, 4) is 5.75 Å². The molecule has 0 spiro atoms. The highest BCUT2D eigenvalue weighted by Crippen LogP contribution is 2.22. The van der Waals surface area contributed by atoms with Gasteiger partial charge in [-0.25, -0.2) is 0 Å². The number of likely N-dealkylation sites (tertiary alicyclic amines) is 1. The Morgan fingerprint density at radius 3 is 2.36 bits per heavy atom. The third-order valence-corrected chi connectivity index (χ3v) is 4.88. The minimum absolute atomic E-state index is 0.181. The van der Waals surface area contributed by atoms with E-state index >= 15 is 0 Å². The molecule has 1 atom stereocenters. The van der Waals surface area contributed by atoms with Crippen LogP contribution in [-0.4, -0.2) is 48.9 Å². The molecule has 0 bridgehead atoms. The topological polar surface area (TPSA) is 86.0 Å². The normalized spacial score (nSPS) is 15.7. The summed E-state index contributed by atoms with van der Waals surface area (Å²) in [6.45, 7) is 2.46. The number of carbonyl (C=O) groups is 3. The van der Waals surface area contributed by atoms with Crippen molar-refractivity contribution in [2.45, 2.75) is 25.9 Å². The largest absolute Gasteiger partial charge is 0.497 e. The molecule has 1 aromatic heterocycles. The molecule has 1 saturated heterocycles. The van der Waals surface area contributed by atoms with Crippen molar-refractivity contribution < 1.29 is 28.3 Å². The van der Waals surface area contributed by atoms with E-state index in [1.54, 1.807) is 55.3 Å². The highest BCUT2D eigenvalue weighted by molar-refractivity contribution is 6.00. The highest BCUT2D eigenvalue weighted by Gasteiger charge is 2.31. The summed E-state index contributed by atoms with van der Waals surface area (Å²) < 4.78 is 15.6. The Balaban J connectivity index is 1.50. The lowest BCUT2D eigenvalue weighted by Crippen LogP contribution is -2.41. The first-order valence-corrected chi connectivity index (χ1v) is 9.21. The van der Waals surface area contributed by atoms with Crippen molar-refractivity contribution in [3.05, 3.63) is 54.0 Å². The second-order valence-corrected chi connectivity index (χ2v) is 6.72. The van der Waals surface area contributed by atoms with Crippen LogP contribution in [0.15, 0.2) is 47.1 Å². The number of ketones is 1. The van der Waals surface area contributed by atoms with Gasteiger partial charge in [0, 0.05) is 18.7 Å². The number of esters is 1. The Labute approximate surface area is 163 Å². The third-order valence-electron chi connectivity index (χ3n) is 4.88. The van der Waals surface area contributed by atoms with E-state index in [1.807, 2.05) is 0 Å². The van der Waals surface area contributed by atoms with Crippen LogP contribution in [0.5, 0.6) is 5.75 Å². The van der Waals surface area contributed by atoms with E-state index in [1.165, 1.54) is 6.26 Å². The van der Waals surface area contributed by atoms with Gasteiger partial charge in [0.2, 0.25) is 5.78 Å². The zero-order valence-electron chi connectivity index (χ0n) is 15.9. The molecule has 2 heterocycles. The number of Topliss-reactive ketones (excluding diaryl/α,β-unsaturated/α-hetero) is 1. The molecule has 7 heteroatoms. The van der Waals surface area contributed by atoms with Gasteiger partial charge in [0.25, 0.3) is 5.91 Å². The third kappa shape index (κ3) is 4.42. The molecular weight excluding hydrogens is 362 g/mol. The Bertz CT molecular complexity index is 819. The molecule has 1 aliphatic heterocycles. The molecule has 28 heavy (non-hydrogen) atoms. The lowest BCUT2D eigenvalue weighted by Gasteiger charge is -2.30. The number of carbonyl (C=O) groups excluding carboxylic acids is 3. The number of benzene rings is 1. The fraction of sp³-hybridized carbons (Fsp3) is 0.381. The summed E-state index contributed by atoms with van der Waals surface area (Å²) in [5.74, 6) is -0.232. The lowest BCUT2D eigenvalue weighted by atomic mass is 9.96. The van der Waals surface area contributed by atoms with Gasteiger partial charge in [0.1, 0.15) is 5.75 Å². The van der Waals surface area contributed by atoms with Crippen LogP contribution in [-0.2, 0) is 9.53 Å². The lowest BCUT2D eigenvalue weighted by molar-refractivity contribution is -0.152. The molecule has 148 valence electrons. The maximum atomic E-state index is 12.5. The van der Waals surface area contributed by atoms with E-state index in [9.17, 15) is 14.4 Å². The number of hydrogen-bond donors (Lipinski definition) is 0. The summed E-state index contributed by atoms with van der Waals surface area (Å²) in [5, 5.41) is 0. The second kappa shape index (κ2) is 8.73. The number of furan rings is 1. The Hall–Kier alpha value is -3.09. The molecule has 2 aromatic rings. The fourth-order valence-corrected chi connectivity index (χ4v) is 3.19. The number of nitrogens with zero attached hydrogens (tertiary/aromatic N) is 1. The summed E-state index contributed by atoms with van der Waals surface area (Å²) in [5.41, 5.74) is 0.458. The first-order valence-electron chi connectivity index (χ1n) is 9.21. The van der Waals surface area contributed by atoms with Gasteiger partial charge in [0.05, 0.1) is 19.3 Å². The van der Waals surface area contributed by atoms with Crippen molar-refractivity contribution in [3.63, 3.8) is 0 Å². The number of hydrogen-bond acceptors (Lipinski definition) is 6. The van der Waals surface area contributed by atoms with Crippen LogP contribution in [0, 0.1) is 5.92 Å². The molecule has 1 fully saturated rings. The highest BCUT2D eigenvalue weighted by atomic mass is 16.5. The minimum atomic E-state index is -0.872. The van der Waals surface area contributed by atoms with Crippen molar-refractivity contribution >= 4 is 17.7 Å². The van der Waals surface area contributed by atoms with Crippen molar-refractivity contribution in [1.82, 2.24) is 4.90 Å². The van der Waals surface area contributed by atoms with E-state index in [-0.39, 0.29) is 17.6 Å². The molecule has 1 amide bonds. The predicted molar refractivity (Wildman–Crippen MR) is 100 cm³/mol. The number of amides is 1. The van der Waals surface area contributed by atoms with Crippen molar-refractivity contribution in [2.75, 3.05) is 20.2 Å². The monoisotopic (exact) mass is 385 g/mol. The molecule has 1 aromatic carbocycles. The van der Waals surface area contributed by atoms with E-state index in [2.05, 4.69) is 0 Å². The van der Waals surface area contributed by atoms with Crippen LogP contribution in [0.3, 0.4) is 0 Å². The van der Waals surface area contributed by atoms with Gasteiger partial charge in [-0.2, -0.15) is 0 Å². The van der Waals surface area contributed by atoms with Crippen molar-refractivity contribution in [1.29, 1.82) is 0 Å². The molecule has 7 nitrogen and oxygen atoms in total. The van der Waals surface area contributed by atoms with Crippen LogP contribution in [0.4, 0.5) is 0 Å². The smallest absolute Gasteiger partial charge is 0.309 e. The van der Waals surface area contributed by atoms with Crippen LogP contribution in [0.2, 0.25) is 0 Å².